The molecule has 1 atom stereocenters. The molecule has 4 nitrogen and oxygen atoms in total. The van der Waals surface area contributed by atoms with Crippen molar-refractivity contribution in [3.05, 3.63) is 23.3 Å². The Morgan fingerprint density at radius 2 is 1.74 bits per heavy atom. The van der Waals surface area contributed by atoms with Gasteiger partial charge in [-0.2, -0.15) is 0 Å². The first kappa shape index (κ1) is 17.6. The van der Waals surface area contributed by atoms with Gasteiger partial charge in [-0.05, 0) is 43.0 Å². The Kier molecular flexibility index (Phi) is 6.31. The highest BCUT2D eigenvalue weighted by atomic mass is 16.5. The van der Waals surface area contributed by atoms with E-state index in [1.807, 2.05) is 24.0 Å². The highest BCUT2D eigenvalue weighted by molar-refractivity contribution is 5.80. The van der Waals surface area contributed by atoms with Crippen molar-refractivity contribution >= 4 is 5.91 Å². The minimum absolute atomic E-state index is 0.0841. The monoisotopic (exact) mass is 319 g/mol. The minimum Gasteiger partial charge on any atom is -0.493 e. The molecule has 128 valence electrons. The van der Waals surface area contributed by atoms with E-state index >= 15 is 0 Å². The lowest BCUT2D eigenvalue weighted by molar-refractivity contribution is -0.135. The van der Waals surface area contributed by atoms with E-state index in [4.69, 9.17) is 9.47 Å². The van der Waals surface area contributed by atoms with Crippen LogP contribution in [0.1, 0.15) is 50.7 Å². The molecule has 0 aliphatic carbocycles. The lowest BCUT2D eigenvalue weighted by Crippen LogP contribution is -2.34. The van der Waals surface area contributed by atoms with E-state index in [2.05, 4.69) is 6.92 Å². The molecule has 0 radical (unpaired) electrons. The predicted molar refractivity (Wildman–Crippen MR) is 92.0 cm³/mol. The number of benzene rings is 1. The molecule has 1 amide bonds. The zero-order valence-corrected chi connectivity index (χ0v) is 14.9. The van der Waals surface area contributed by atoms with Gasteiger partial charge in [0, 0.05) is 19.0 Å². The fourth-order valence-electron chi connectivity index (χ4n) is 3.33. The summed E-state index contributed by atoms with van der Waals surface area (Å²) in [7, 11) is 3.31. The number of nitrogens with zero attached hydrogens (tertiary/aromatic N) is 1. The molecule has 4 heteroatoms. The van der Waals surface area contributed by atoms with Crippen LogP contribution >= 0.6 is 0 Å². The predicted octanol–water partition coefficient (Wildman–Crippen LogP) is 3.80. The molecule has 0 aromatic heterocycles. The van der Waals surface area contributed by atoms with Gasteiger partial charge in [0.25, 0.3) is 0 Å². The molecular weight excluding hydrogens is 290 g/mol. The number of rotatable bonds is 7. The van der Waals surface area contributed by atoms with Gasteiger partial charge in [0.2, 0.25) is 5.91 Å². The molecule has 1 aromatic carbocycles. The molecule has 1 unspecified atom stereocenters. The number of methoxy groups -OCH3 is 2. The van der Waals surface area contributed by atoms with Gasteiger partial charge in [0.1, 0.15) is 0 Å². The third-order valence-electron chi connectivity index (χ3n) is 4.73. The van der Waals surface area contributed by atoms with Crippen LogP contribution in [0, 0.1) is 5.92 Å². The summed E-state index contributed by atoms with van der Waals surface area (Å²) in [5, 5.41) is 0. The third-order valence-corrected chi connectivity index (χ3v) is 4.73. The molecule has 0 N–H and O–H groups in total. The fraction of sp³-hybridized carbons (Fsp3) is 0.632. The summed E-state index contributed by atoms with van der Waals surface area (Å²) in [5.74, 6) is 1.86. The Balaban J connectivity index is 2.32. The summed E-state index contributed by atoms with van der Waals surface area (Å²) in [5.41, 5.74) is 2.39. The molecule has 0 fully saturated rings. The number of hydrogen-bond acceptors (Lipinski definition) is 3. The van der Waals surface area contributed by atoms with E-state index in [1.54, 1.807) is 14.2 Å². The van der Waals surface area contributed by atoms with Gasteiger partial charge in [-0.3, -0.25) is 4.79 Å². The van der Waals surface area contributed by atoms with Crippen molar-refractivity contribution in [3.63, 3.8) is 0 Å². The first-order valence-electron chi connectivity index (χ1n) is 8.67. The van der Waals surface area contributed by atoms with E-state index < -0.39 is 0 Å². The normalized spacial score (nSPS) is 17.7. The number of carbonyl (C=O) groups is 1. The molecule has 0 bridgehead atoms. The van der Waals surface area contributed by atoms with E-state index in [0.29, 0.717) is 6.54 Å². The summed E-state index contributed by atoms with van der Waals surface area (Å²) >= 11 is 0. The smallest absolute Gasteiger partial charge is 0.226 e. The van der Waals surface area contributed by atoms with Gasteiger partial charge in [-0.15, -0.1) is 0 Å². The van der Waals surface area contributed by atoms with Crippen LogP contribution < -0.4 is 9.47 Å². The van der Waals surface area contributed by atoms with Crippen molar-refractivity contribution in [2.45, 2.75) is 52.5 Å². The topological polar surface area (TPSA) is 38.8 Å². The van der Waals surface area contributed by atoms with E-state index in [-0.39, 0.29) is 11.8 Å². The summed E-state index contributed by atoms with van der Waals surface area (Å²) in [6.45, 7) is 5.65. The van der Waals surface area contributed by atoms with Crippen LogP contribution in [0.2, 0.25) is 0 Å². The average Bonchev–Trinajstić information content (AvgIpc) is 2.70. The molecular formula is C19H29NO3. The van der Waals surface area contributed by atoms with Crippen molar-refractivity contribution < 1.29 is 14.3 Å². The Morgan fingerprint density at radius 1 is 1.09 bits per heavy atom. The second kappa shape index (κ2) is 8.23. The number of fused-ring (bicyclic) bond motifs is 1. The number of carbonyl (C=O) groups excluding carboxylic acids is 1. The molecule has 1 aliphatic heterocycles. The lowest BCUT2D eigenvalue weighted by Gasteiger charge is -2.23. The maximum absolute atomic E-state index is 12.8. The van der Waals surface area contributed by atoms with Gasteiger partial charge >= 0.3 is 0 Å². The average molecular weight is 319 g/mol. The molecule has 2 rings (SSSR count). The van der Waals surface area contributed by atoms with Crippen molar-refractivity contribution in [2.75, 3.05) is 20.8 Å². The van der Waals surface area contributed by atoms with Crippen LogP contribution in [0.25, 0.3) is 0 Å². The summed E-state index contributed by atoms with van der Waals surface area (Å²) in [6.07, 6.45) is 5.26. The van der Waals surface area contributed by atoms with Gasteiger partial charge in [-0.1, -0.05) is 26.2 Å². The van der Waals surface area contributed by atoms with Crippen molar-refractivity contribution in [2.24, 2.45) is 5.92 Å². The molecule has 1 heterocycles. The van der Waals surface area contributed by atoms with Crippen LogP contribution in [-0.2, 0) is 17.8 Å². The maximum Gasteiger partial charge on any atom is 0.226 e. The van der Waals surface area contributed by atoms with Crippen LogP contribution in [-0.4, -0.2) is 31.6 Å². The molecule has 1 aliphatic rings. The Bertz CT molecular complexity index is 542. The number of ether oxygens (including phenoxy) is 2. The Hall–Kier alpha value is -1.71. The fourth-order valence-corrected chi connectivity index (χ4v) is 3.33. The van der Waals surface area contributed by atoms with Gasteiger partial charge < -0.3 is 14.4 Å². The first-order chi connectivity index (χ1) is 11.1. The van der Waals surface area contributed by atoms with Crippen LogP contribution in [0.5, 0.6) is 11.5 Å². The zero-order valence-electron chi connectivity index (χ0n) is 14.9. The standard InChI is InChI=1S/C19H29NO3/c1-5-7-8-9-14-10-15-11-17(22-3)18(23-4)12-16(15)13-20(6-2)19(14)21/h11-12,14H,5-10,13H2,1-4H3. The number of amides is 1. The van der Waals surface area contributed by atoms with Crippen LogP contribution in [0.15, 0.2) is 12.1 Å². The quantitative estimate of drug-likeness (QED) is 0.718. The van der Waals surface area contributed by atoms with Crippen LogP contribution in [0.3, 0.4) is 0 Å². The second-order valence-electron chi connectivity index (χ2n) is 6.23. The first-order valence-corrected chi connectivity index (χ1v) is 8.67. The molecule has 0 saturated carbocycles. The highest BCUT2D eigenvalue weighted by Gasteiger charge is 2.29. The second-order valence-corrected chi connectivity index (χ2v) is 6.23. The van der Waals surface area contributed by atoms with Gasteiger partial charge in [0.05, 0.1) is 14.2 Å². The van der Waals surface area contributed by atoms with Crippen molar-refractivity contribution in [1.82, 2.24) is 4.90 Å². The third kappa shape index (κ3) is 3.98. The summed E-state index contributed by atoms with van der Waals surface area (Å²) in [4.78, 5) is 14.8. The summed E-state index contributed by atoms with van der Waals surface area (Å²) < 4.78 is 10.9. The van der Waals surface area contributed by atoms with E-state index in [9.17, 15) is 4.79 Å². The van der Waals surface area contributed by atoms with E-state index in [0.717, 1.165) is 37.3 Å². The lowest BCUT2D eigenvalue weighted by atomic mass is 9.92. The Morgan fingerprint density at radius 3 is 2.30 bits per heavy atom. The maximum atomic E-state index is 12.8. The van der Waals surface area contributed by atoms with Gasteiger partial charge in [-0.25, -0.2) is 0 Å². The molecule has 1 aromatic rings. The molecule has 0 saturated heterocycles. The molecule has 23 heavy (non-hydrogen) atoms. The van der Waals surface area contributed by atoms with Crippen LogP contribution in [0.4, 0.5) is 0 Å². The molecule has 0 spiro atoms. The van der Waals surface area contributed by atoms with Crippen molar-refractivity contribution in [1.29, 1.82) is 0 Å². The number of unbranched alkanes of at least 4 members (excludes halogenated alkanes) is 2. The number of hydrogen-bond donors (Lipinski definition) is 0. The largest absolute Gasteiger partial charge is 0.493 e. The highest BCUT2D eigenvalue weighted by Crippen LogP contribution is 2.35. The van der Waals surface area contributed by atoms with Gasteiger partial charge in [0.15, 0.2) is 11.5 Å². The summed E-state index contributed by atoms with van der Waals surface area (Å²) in [6, 6.07) is 4.08. The van der Waals surface area contributed by atoms with Crippen molar-refractivity contribution in [3.8, 4) is 11.5 Å². The Labute approximate surface area is 139 Å². The zero-order chi connectivity index (χ0) is 16.8. The van der Waals surface area contributed by atoms with E-state index in [1.165, 1.54) is 24.0 Å². The minimum atomic E-state index is 0.0841. The SMILES string of the molecule is CCCCCC1Cc2cc(OC)c(OC)cc2CN(CC)C1=O.